The van der Waals surface area contributed by atoms with Crippen LogP contribution in [0.15, 0.2) is 18.2 Å². The maximum Gasteiger partial charge on any atom is 0.221 e. The van der Waals surface area contributed by atoms with Crippen LogP contribution in [-0.2, 0) is 4.79 Å². The number of carbonyl (C=O) groups excluding carboxylic acids is 1. The van der Waals surface area contributed by atoms with E-state index in [0.29, 0.717) is 0 Å². The molecular formula is C14H17NO. The molecule has 0 fully saturated rings. The van der Waals surface area contributed by atoms with E-state index in [1.807, 2.05) is 25.1 Å². The number of benzene rings is 1. The first-order valence-electron chi connectivity index (χ1n) is 5.50. The molecule has 0 unspecified atom stereocenters. The van der Waals surface area contributed by atoms with E-state index in [9.17, 15) is 4.79 Å². The molecular weight excluding hydrogens is 198 g/mol. The quantitative estimate of drug-likeness (QED) is 0.755. The molecule has 0 heterocycles. The number of hydrogen-bond donors (Lipinski definition) is 1. The Balaban J connectivity index is 2.99. The van der Waals surface area contributed by atoms with E-state index in [4.69, 9.17) is 0 Å². The van der Waals surface area contributed by atoms with Crippen LogP contribution in [0, 0.1) is 18.8 Å². The average molecular weight is 215 g/mol. The van der Waals surface area contributed by atoms with Crippen molar-refractivity contribution in [1.29, 1.82) is 0 Å². The van der Waals surface area contributed by atoms with Gasteiger partial charge in [0, 0.05) is 18.9 Å². The Morgan fingerprint density at radius 1 is 1.44 bits per heavy atom. The predicted molar refractivity (Wildman–Crippen MR) is 67.3 cm³/mol. The van der Waals surface area contributed by atoms with Gasteiger partial charge in [0.15, 0.2) is 0 Å². The molecule has 0 aliphatic rings. The van der Waals surface area contributed by atoms with Crippen LogP contribution in [0.25, 0.3) is 0 Å². The first-order valence-corrected chi connectivity index (χ1v) is 5.50. The summed E-state index contributed by atoms with van der Waals surface area (Å²) < 4.78 is 0. The molecule has 0 atom stereocenters. The maximum absolute atomic E-state index is 11.0. The Morgan fingerprint density at radius 2 is 2.19 bits per heavy atom. The van der Waals surface area contributed by atoms with Crippen LogP contribution in [0.5, 0.6) is 0 Å². The van der Waals surface area contributed by atoms with Crippen molar-refractivity contribution in [2.45, 2.75) is 33.6 Å². The zero-order valence-corrected chi connectivity index (χ0v) is 10.1. The Morgan fingerprint density at radius 3 is 2.81 bits per heavy atom. The highest BCUT2D eigenvalue weighted by atomic mass is 16.1. The SMILES string of the molecule is CCCC#Cc1cc(C)ccc1NC(C)=O. The highest BCUT2D eigenvalue weighted by molar-refractivity contribution is 5.90. The van der Waals surface area contributed by atoms with Gasteiger partial charge in [-0.05, 0) is 31.0 Å². The Labute approximate surface area is 97.1 Å². The molecule has 0 aliphatic carbocycles. The zero-order valence-electron chi connectivity index (χ0n) is 10.1. The highest BCUT2D eigenvalue weighted by Crippen LogP contribution is 2.16. The number of amides is 1. The molecule has 1 N–H and O–H groups in total. The van der Waals surface area contributed by atoms with E-state index < -0.39 is 0 Å². The first kappa shape index (κ1) is 12.3. The lowest BCUT2D eigenvalue weighted by Crippen LogP contribution is -2.07. The van der Waals surface area contributed by atoms with Crippen molar-refractivity contribution < 1.29 is 4.79 Å². The normalized spacial score (nSPS) is 9.19. The minimum absolute atomic E-state index is 0.0672. The molecule has 1 amide bonds. The maximum atomic E-state index is 11.0. The van der Waals surface area contributed by atoms with Gasteiger partial charge >= 0.3 is 0 Å². The summed E-state index contributed by atoms with van der Waals surface area (Å²) in [5.41, 5.74) is 2.83. The van der Waals surface area contributed by atoms with Crippen molar-refractivity contribution in [2.75, 3.05) is 5.32 Å². The standard InChI is InChI=1S/C14H17NO/c1-4-5-6-7-13-10-11(2)8-9-14(13)15-12(3)16/h8-10H,4-5H2,1-3H3,(H,15,16). The lowest BCUT2D eigenvalue weighted by molar-refractivity contribution is -0.114. The van der Waals surface area contributed by atoms with Gasteiger partial charge in [-0.1, -0.05) is 24.8 Å². The van der Waals surface area contributed by atoms with Crippen molar-refractivity contribution >= 4 is 11.6 Å². The van der Waals surface area contributed by atoms with Gasteiger partial charge in [0.05, 0.1) is 5.69 Å². The van der Waals surface area contributed by atoms with Crippen LogP contribution in [-0.4, -0.2) is 5.91 Å². The van der Waals surface area contributed by atoms with Gasteiger partial charge in [-0.25, -0.2) is 0 Å². The van der Waals surface area contributed by atoms with E-state index in [1.54, 1.807) is 0 Å². The number of aryl methyl sites for hydroxylation is 1. The molecule has 0 radical (unpaired) electrons. The number of unbranched alkanes of at least 4 members (excludes halogenated alkanes) is 1. The number of rotatable bonds is 2. The molecule has 2 nitrogen and oxygen atoms in total. The molecule has 2 heteroatoms. The molecule has 0 spiro atoms. The summed E-state index contributed by atoms with van der Waals surface area (Å²) in [6, 6.07) is 5.86. The number of nitrogens with one attached hydrogen (secondary N) is 1. The van der Waals surface area contributed by atoms with Gasteiger partial charge < -0.3 is 5.32 Å². The van der Waals surface area contributed by atoms with Crippen molar-refractivity contribution in [3.05, 3.63) is 29.3 Å². The summed E-state index contributed by atoms with van der Waals surface area (Å²) >= 11 is 0. The minimum atomic E-state index is -0.0672. The molecule has 0 aromatic heterocycles. The van der Waals surface area contributed by atoms with Crippen LogP contribution in [0.3, 0.4) is 0 Å². The van der Waals surface area contributed by atoms with Crippen molar-refractivity contribution in [1.82, 2.24) is 0 Å². The first-order chi connectivity index (χ1) is 7.63. The lowest BCUT2D eigenvalue weighted by atomic mass is 10.1. The van der Waals surface area contributed by atoms with Gasteiger partial charge in [-0.15, -0.1) is 0 Å². The van der Waals surface area contributed by atoms with Gasteiger partial charge in [0.1, 0.15) is 0 Å². The molecule has 1 aromatic rings. The van der Waals surface area contributed by atoms with E-state index in [0.717, 1.165) is 29.7 Å². The van der Waals surface area contributed by atoms with Gasteiger partial charge in [0.2, 0.25) is 5.91 Å². The minimum Gasteiger partial charge on any atom is -0.325 e. The van der Waals surface area contributed by atoms with E-state index >= 15 is 0 Å². The number of carbonyl (C=O) groups is 1. The fourth-order valence-corrected chi connectivity index (χ4v) is 1.34. The third-order valence-electron chi connectivity index (χ3n) is 2.08. The predicted octanol–water partition coefficient (Wildman–Crippen LogP) is 3.11. The van der Waals surface area contributed by atoms with Crippen molar-refractivity contribution in [3.63, 3.8) is 0 Å². The summed E-state index contributed by atoms with van der Waals surface area (Å²) in [7, 11) is 0. The van der Waals surface area contributed by atoms with Crippen molar-refractivity contribution in [2.24, 2.45) is 0 Å². The molecule has 16 heavy (non-hydrogen) atoms. The molecule has 0 aliphatic heterocycles. The average Bonchev–Trinajstić information content (AvgIpc) is 2.22. The zero-order chi connectivity index (χ0) is 12.0. The lowest BCUT2D eigenvalue weighted by Gasteiger charge is -2.05. The molecule has 0 bridgehead atoms. The molecule has 1 aromatic carbocycles. The molecule has 0 saturated carbocycles. The fourth-order valence-electron chi connectivity index (χ4n) is 1.34. The van der Waals surface area contributed by atoms with Crippen LogP contribution >= 0.6 is 0 Å². The Hall–Kier alpha value is -1.75. The van der Waals surface area contributed by atoms with Gasteiger partial charge in [-0.2, -0.15) is 0 Å². The van der Waals surface area contributed by atoms with Crippen LogP contribution in [0.1, 0.15) is 37.8 Å². The second-order valence-corrected chi connectivity index (χ2v) is 3.78. The van der Waals surface area contributed by atoms with E-state index in [-0.39, 0.29) is 5.91 Å². The van der Waals surface area contributed by atoms with E-state index in [2.05, 4.69) is 24.1 Å². The number of anilines is 1. The smallest absolute Gasteiger partial charge is 0.221 e. The third kappa shape index (κ3) is 3.78. The second kappa shape index (κ2) is 5.97. The van der Waals surface area contributed by atoms with E-state index in [1.165, 1.54) is 6.92 Å². The number of hydrogen-bond acceptors (Lipinski definition) is 1. The van der Waals surface area contributed by atoms with Crippen LogP contribution in [0.4, 0.5) is 5.69 Å². The van der Waals surface area contributed by atoms with Gasteiger partial charge in [0.25, 0.3) is 0 Å². The summed E-state index contributed by atoms with van der Waals surface area (Å²) in [5.74, 6) is 6.12. The van der Waals surface area contributed by atoms with Crippen LogP contribution in [0.2, 0.25) is 0 Å². The third-order valence-corrected chi connectivity index (χ3v) is 2.08. The molecule has 1 rings (SSSR count). The van der Waals surface area contributed by atoms with Crippen molar-refractivity contribution in [3.8, 4) is 11.8 Å². The largest absolute Gasteiger partial charge is 0.325 e. The topological polar surface area (TPSA) is 29.1 Å². The summed E-state index contributed by atoms with van der Waals surface area (Å²) in [4.78, 5) is 11.0. The second-order valence-electron chi connectivity index (χ2n) is 3.78. The molecule has 84 valence electrons. The molecule has 0 saturated heterocycles. The summed E-state index contributed by atoms with van der Waals surface area (Å²) in [5, 5.41) is 2.79. The Bertz CT molecular complexity index is 438. The van der Waals surface area contributed by atoms with Crippen LogP contribution < -0.4 is 5.32 Å². The van der Waals surface area contributed by atoms with Gasteiger partial charge in [-0.3, -0.25) is 4.79 Å². The highest BCUT2D eigenvalue weighted by Gasteiger charge is 2.01. The monoisotopic (exact) mass is 215 g/mol. The fraction of sp³-hybridized carbons (Fsp3) is 0.357. The summed E-state index contributed by atoms with van der Waals surface area (Å²) in [6.07, 6.45) is 1.93. The Kier molecular flexibility index (Phi) is 4.60. The summed E-state index contributed by atoms with van der Waals surface area (Å²) in [6.45, 7) is 5.62.